The third-order valence-corrected chi connectivity index (χ3v) is 6.29. The van der Waals surface area contributed by atoms with Gasteiger partial charge in [0.2, 0.25) is 10.0 Å². The molecule has 136 valence electrons. The van der Waals surface area contributed by atoms with Crippen molar-refractivity contribution in [3.63, 3.8) is 0 Å². The Morgan fingerprint density at radius 1 is 1.12 bits per heavy atom. The molecule has 0 unspecified atom stereocenters. The summed E-state index contributed by atoms with van der Waals surface area (Å²) < 4.78 is 27.1. The van der Waals surface area contributed by atoms with Crippen LogP contribution in [0.3, 0.4) is 0 Å². The van der Waals surface area contributed by atoms with E-state index in [4.69, 9.17) is 0 Å². The zero-order chi connectivity index (χ0) is 18.1. The molecule has 0 atom stereocenters. The molecule has 25 heavy (non-hydrogen) atoms. The second-order valence-electron chi connectivity index (χ2n) is 6.83. The molecule has 2 aliphatic rings. The van der Waals surface area contributed by atoms with Gasteiger partial charge in [-0.1, -0.05) is 25.3 Å². The predicted molar refractivity (Wildman–Crippen MR) is 90.7 cm³/mol. The summed E-state index contributed by atoms with van der Waals surface area (Å²) in [6.45, 7) is 0. The van der Waals surface area contributed by atoms with E-state index < -0.39 is 27.4 Å². The van der Waals surface area contributed by atoms with Gasteiger partial charge >= 0.3 is 5.97 Å². The lowest BCUT2D eigenvalue weighted by Gasteiger charge is -2.34. The van der Waals surface area contributed by atoms with Crippen molar-refractivity contribution in [1.29, 1.82) is 0 Å². The minimum atomic E-state index is -3.66. The SMILES string of the molecule is O=C(NC1(C(=O)O)CCCCC1)c1cccc(S(=O)(=O)NC2CC2)c1. The Morgan fingerprint density at radius 3 is 2.40 bits per heavy atom. The van der Waals surface area contributed by atoms with Gasteiger partial charge in [-0.3, -0.25) is 4.79 Å². The minimum absolute atomic E-state index is 0.0140. The van der Waals surface area contributed by atoms with Gasteiger partial charge in [0.05, 0.1) is 4.90 Å². The van der Waals surface area contributed by atoms with Crippen LogP contribution in [0.5, 0.6) is 0 Å². The highest BCUT2D eigenvalue weighted by Gasteiger charge is 2.41. The van der Waals surface area contributed by atoms with Crippen LogP contribution in [-0.2, 0) is 14.8 Å². The normalized spacial score (nSPS) is 20.0. The van der Waals surface area contributed by atoms with Crippen LogP contribution in [0.2, 0.25) is 0 Å². The van der Waals surface area contributed by atoms with E-state index in [0.717, 1.165) is 32.1 Å². The maximum Gasteiger partial charge on any atom is 0.329 e. The van der Waals surface area contributed by atoms with Crippen molar-refractivity contribution in [1.82, 2.24) is 10.0 Å². The van der Waals surface area contributed by atoms with Crippen molar-refractivity contribution in [2.45, 2.75) is 61.4 Å². The summed E-state index contributed by atoms with van der Waals surface area (Å²) in [5.41, 5.74) is -1.12. The number of sulfonamides is 1. The highest BCUT2D eigenvalue weighted by Crippen LogP contribution is 2.29. The first-order valence-electron chi connectivity index (χ1n) is 8.51. The second kappa shape index (κ2) is 6.76. The van der Waals surface area contributed by atoms with Gasteiger partial charge < -0.3 is 10.4 Å². The molecule has 0 bridgehead atoms. The number of hydrogen-bond donors (Lipinski definition) is 3. The smallest absolute Gasteiger partial charge is 0.329 e. The van der Waals surface area contributed by atoms with Crippen LogP contribution < -0.4 is 10.0 Å². The van der Waals surface area contributed by atoms with E-state index in [-0.39, 0.29) is 16.5 Å². The van der Waals surface area contributed by atoms with Crippen LogP contribution in [-0.4, -0.2) is 37.0 Å². The Labute approximate surface area is 146 Å². The standard InChI is InChI=1S/C17H22N2O5S/c20-15(18-17(16(21)22)9-2-1-3-10-17)12-5-4-6-14(11-12)25(23,24)19-13-7-8-13/h4-6,11,13,19H,1-3,7-10H2,(H,18,20)(H,21,22). The molecule has 0 spiro atoms. The van der Waals surface area contributed by atoms with E-state index in [1.54, 1.807) is 0 Å². The Balaban J connectivity index is 1.80. The summed E-state index contributed by atoms with van der Waals surface area (Å²) in [5.74, 6) is -1.60. The molecule has 1 aromatic carbocycles. The number of carboxylic acids is 1. The summed E-state index contributed by atoms with van der Waals surface area (Å²) in [7, 11) is -3.66. The number of benzene rings is 1. The topological polar surface area (TPSA) is 113 Å². The summed E-state index contributed by atoms with van der Waals surface area (Å²) in [5, 5.41) is 12.2. The molecule has 2 fully saturated rings. The maximum absolute atomic E-state index is 12.5. The molecular weight excluding hydrogens is 344 g/mol. The first kappa shape index (κ1) is 17.9. The molecule has 0 saturated heterocycles. The van der Waals surface area contributed by atoms with Gasteiger partial charge in [-0.25, -0.2) is 17.9 Å². The molecule has 7 nitrogen and oxygen atoms in total. The fourth-order valence-corrected chi connectivity index (χ4v) is 4.48. The lowest BCUT2D eigenvalue weighted by Crippen LogP contribution is -2.55. The molecule has 3 N–H and O–H groups in total. The van der Waals surface area contributed by atoms with Crippen molar-refractivity contribution < 1.29 is 23.1 Å². The van der Waals surface area contributed by atoms with Gasteiger partial charge in [-0.05, 0) is 43.9 Å². The molecule has 8 heteroatoms. The molecule has 0 radical (unpaired) electrons. The van der Waals surface area contributed by atoms with Crippen LogP contribution in [0.4, 0.5) is 0 Å². The van der Waals surface area contributed by atoms with E-state index in [0.29, 0.717) is 12.8 Å². The van der Waals surface area contributed by atoms with Gasteiger partial charge in [-0.15, -0.1) is 0 Å². The van der Waals surface area contributed by atoms with Crippen LogP contribution in [0.1, 0.15) is 55.3 Å². The summed E-state index contributed by atoms with van der Waals surface area (Å²) in [6.07, 6.45) is 4.84. The van der Waals surface area contributed by atoms with E-state index in [1.807, 2.05) is 0 Å². The molecule has 1 aromatic rings. The molecule has 0 heterocycles. The minimum Gasteiger partial charge on any atom is -0.480 e. The van der Waals surface area contributed by atoms with Gasteiger partial charge in [0.15, 0.2) is 0 Å². The number of carbonyl (C=O) groups excluding carboxylic acids is 1. The first-order chi connectivity index (χ1) is 11.8. The molecular formula is C17H22N2O5S. The van der Waals surface area contributed by atoms with E-state index in [9.17, 15) is 23.1 Å². The molecule has 0 aromatic heterocycles. The number of rotatable bonds is 6. The molecule has 1 amide bonds. The number of hydrogen-bond acceptors (Lipinski definition) is 4. The van der Waals surface area contributed by atoms with Crippen LogP contribution in [0.25, 0.3) is 0 Å². The maximum atomic E-state index is 12.5. The van der Waals surface area contributed by atoms with Crippen molar-refractivity contribution >= 4 is 21.9 Å². The summed E-state index contributed by atoms with van der Waals surface area (Å²) in [6, 6.07) is 5.67. The van der Waals surface area contributed by atoms with Crippen LogP contribution in [0, 0.1) is 0 Å². The molecule has 2 saturated carbocycles. The lowest BCUT2D eigenvalue weighted by molar-refractivity contribution is -0.145. The third-order valence-electron chi connectivity index (χ3n) is 4.77. The zero-order valence-corrected chi connectivity index (χ0v) is 14.6. The Bertz CT molecular complexity index is 780. The summed E-state index contributed by atoms with van der Waals surface area (Å²) >= 11 is 0. The van der Waals surface area contributed by atoms with Crippen LogP contribution >= 0.6 is 0 Å². The van der Waals surface area contributed by atoms with E-state index in [1.165, 1.54) is 24.3 Å². The van der Waals surface area contributed by atoms with Crippen molar-refractivity contribution in [3.8, 4) is 0 Å². The number of nitrogens with one attached hydrogen (secondary N) is 2. The number of carbonyl (C=O) groups is 2. The first-order valence-corrected chi connectivity index (χ1v) is 9.99. The Hall–Kier alpha value is -1.93. The van der Waals surface area contributed by atoms with Gasteiger partial charge in [0.25, 0.3) is 5.91 Å². The molecule has 3 rings (SSSR count). The van der Waals surface area contributed by atoms with Crippen LogP contribution in [0.15, 0.2) is 29.2 Å². The highest BCUT2D eigenvalue weighted by atomic mass is 32.2. The predicted octanol–water partition coefficient (Wildman–Crippen LogP) is 1.64. The number of amides is 1. The van der Waals surface area contributed by atoms with Crippen molar-refractivity contribution in [3.05, 3.63) is 29.8 Å². The van der Waals surface area contributed by atoms with Crippen molar-refractivity contribution in [2.75, 3.05) is 0 Å². The molecule has 2 aliphatic carbocycles. The highest BCUT2D eigenvalue weighted by molar-refractivity contribution is 7.89. The fraction of sp³-hybridized carbons (Fsp3) is 0.529. The number of carboxylic acid groups (broad SMARTS) is 1. The largest absolute Gasteiger partial charge is 0.480 e. The number of aliphatic carboxylic acids is 1. The van der Waals surface area contributed by atoms with Gasteiger partial charge in [0, 0.05) is 11.6 Å². The third kappa shape index (κ3) is 4.01. The second-order valence-corrected chi connectivity index (χ2v) is 8.54. The van der Waals surface area contributed by atoms with Crippen molar-refractivity contribution in [2.24, 2.45) is 0 Å². The average molecular weight is 366 g/mol. The average Bonchev–Trinajstić information content (AvgIpc) is 3.39. The van der Waals surface area contributed by atoms with E-state index in [2.05, 4.69) is 10.0 Å². The Morgan fingerprint density at radius 2 is 1.80 bits per heavy atom. The molecule has 0 aliphatic heterocycles. The lowest BCUT2D eigenvalue weighted by atomic mass is 9.81. The Kier molecular flexibility index (Phi) is 4.83. The van der Waals surface area contributed by atoms with E-state index >= 15 is 0 Å². The summed E-state index contributed by atoms with van der Waals surface area (Å²) in [4.78, 5) is 24.2. The quantitative estimate of drug-likeness (QED) is 0.708. The van der Waals surface area contributed by atoms with Gasteiger partial charge in [-0.2, -0.15) is 0 Å². The van der Waals surface area contributed by atoms with Gasteiger partial charge in [0.1, 0.15) is 5.54 Å². The fourth-order valence-electron chi connectivity index (χ4n) is 3.13. The zero-order valence-electron chi connectivity index (χ0n) is 13.8. The monoisotopic (exact) mass is 366 g/mol.